The molecule has 3 rings (SSSR count). The Bertz CT molecular complexity index is 754. The molecule has 0 aliphatic carbocycles. The fourth-order valence-corrected chi connectivity index (χ4v) is 2.12. The lowest BCUT2D eigenvalue weighted by Crippen LogP contribution is -2.38. The molecule has 1 aromatic carbocycles. The van der Waals surface area contributed by atoms with E-state index in [0.29, 0.717) is 30.3 Å². The molecular formula is C15H14N2O6. The molecule has 1 aromatic heterocycles. The van der Waals surface area contributed by atoms with Crippen molar-refractivity contribution in [2.45, 2.75) is 13.0 Å². The standard InChI is InChI=1S/C15H14N2O6/c1-8(15(19)20)17-14(18)12-13(23-7-16-12)9-2-3-10-11(6-9)22-5-4-21-10/h2-3,6-8H,4-5H2,1H3,(H,17,18)(H,19,20)/t8-/m0/s1. The summed E-state index contributed by atoms with van der Waals surface area (Å²) >= 11 is 0. The quantitative estimate of drug-likeness (QED) is 0.874. The van der Waals surface area contributed by atoms with E-state index >= 15 is 0 Å². The summed E-state index contributed by atoms with van der Waals surface area (Å²) in [6.45, 7) is 2.29. The Morgan fingerprint density at radius 2 is 2.00 bits per heavy atom. The van der Waals surface area contributed by atoms with Crippen LogP contribution >= 0.6 is 0 Å². The number of hydrogen-bond donors (Lipinski definition) is 2. The first-order valence-electron chi connectivity index (χ1n) is 6.93. The van der Waals surface area contributed by atoms with Gasteiger partial charge in [-0.15, -0.1) is 0 Å². The van der Waals surface area contributed by atoms with Crippen LogP contribution in [-0.2, 0) is 4.79 Å². The number of aliphatic carboxylic acids is 1. The van der Waals surface area contributed by atoms with E-state index in [-0.39, 0.29) is 11.5 Å². The van der Waals surface area contributed by atoms with Crippen LogP contribution in [-0.4, -0.2) is 41.2 Å². The lowest BCUT2D eigenvalue weighted by atomic mass is 10.1. The number of oxazole rings is 1. The third-order valence-electron chi connectivity index (χ3n) is 3.30. The van der Waals surface area contributed by atoms with E-state index in [0.717, 1.165) is 6.39 Å². The zero-order valence-corrected chi connectivity index (χ0v) is 12.2. The van der Waals surface area contributed by atoms with Gasteiger partial charge in [0, 0.05) is 5.56 Å². The van der Waals surface area contributed by atoms with Crippen molar-refractivity contribution >= 4 is 11.9 Å². The van der Waals surface area contributed by atoms with Crippen LogP contribution in [0.3, 0.4) is 0 Å². The number of hydrogen-bond acceptors (Lipinski definition) is 6. The van der Waals surface area contributed by atoms with E-state index < -0.39 is 17.9 Å². The largest absolute Gasteiger partial charge is 0.486 e. The number of aromatic nitrogens is 1. The van der Waals surface area contributed by atoms with Gasteiger partial charge >= 0.3 is 5.97 Å². The molecular weight excluding hydrogens is 304 g/mol. The maximum absolute atomic E-state index is 12.2. The highest BCUT2D eigenvalue weighted by Gasteiger charge is 2.23. The molecule has 120 valence electrons. The molecule has 0 saturated carbocycles. The van der Waals surface area contributed by atoms with Gasteiger partial charge in [0.15, 0.2) is 29.3 Å². The van der Waals surface area contributed by atoms with Crippen molar-refractivity contribution in [3.8, 4) is 22.8 Å². The first-order valence-corrected chi connectivity index (χ1v) is 6.93. The summed E-state index contributed by atoms with van der Waals surface area (Å²) < 4.78 is 16.2. The zero-order chi connectivity index (χ0) is 16.4. The van der Waals surface area contributed by atoms with Crippen LogP contribution in [0.2, 0.25) is 0 Å². The van der Waals surface area contributed by atoms with Crippen molar-refractivity contribution in [2.24, 2.45) is 0 Å². The van der Waals surface area contributed by atoms with E-state index in [4.69, 9.17) is 19.0 Å². The number of carbonyl (C=O) groups is 2. The summed E-state index contributed by atoms with van der Waals surface area (Å²) in [4.78, 5) is 26.9. The molecule has 2 aromatic rings. The van der Waals surface area contributed by atoms with Gasteiger partial charge in [0.25, 0.3) is 5.91 Å². The fourth-order valence-electron chi connectivity index (χ4n) is 2.12. The van der Waals surface area contributed by atoms with Gasteiger partial charge in [-0.3, -0.25) is 9.59 Å². The molecule has 0 saturated heterocycles. The minimum absolute atomic E-state index is 0.00905. The Labute approximate surface area is 131 Å². The van der Waals surface area contributed by atoms with Crippen LogP contribution in [0.1, 0.15) is 17.4 Å². The molecule has 23 heavy (non-hydrogen) atoms. The highest BCUT2D eigenvalue weighted by Crippen LogP contribution is 2.35. The molecule has 8 nitrogen and oxygen atoms in total. The molecule has 2 heterocycles. The van der Waals surface area contributed by atoms with Gasteiger partial charge in [-0.25, -0.2) is 4.98 Å². The number of fused-ring (bicyclic) bond motifs is 1. The molecule has 1 amide bonds. The maximum atomic E-state index is 12.2. The first-order chi connectivity index (χ1) is 11.1. The Morgan fingerprint density at radius 3 is 2.74 bits per heavy atom. The molecule has 0 spiro atoms. The monoisotopic (exact) mass is 318 g/mol. The number of nitrogens with zero attached hydrogens (tertiary/aromatic N) is 1. The topological polar surface area (TPSA) is 111 Å². The van der Waals surface area contributed by atoms with Gasteiger partial charge in [-0.1, -0.05) is 0 Å². The summed E-state index contributed by atoms with van der Waals surface area (Å²) in [6.07, 6.45) is 1.13. The maximum Gasteiger partial charge on any atom is 0.325 e. The van der Waals surface area contributed by atoms with E-state index in [9.17, 15) is 9.59 Å². The van der Waals surface area contributed by atoms with Crippen LogP contribution in [0.5, 0.6) is 11.5 Å². The Morgan fingerprint density at radius 1 is 1.26 bits per heavy atom. The van der Waals surface area contributed by atoms with Crippen LogP contribution in [0, 0.1) is 0 Å². The minimum Gasteiger partial charge on any atom is -0.486 e. The second kappa shape index (κ2) is 5.99. The molecule has 2 N–H and O–H groups in total. The number of rotatable bonds is 4. The van der Waals surface area contributed by atoms with E-state index in [2.05, 4.69) is 10.3 Å². The van der Waals surface area contributed by atoms with Crippen molar-refractivity contribution in [3.63, 3.8) is 0 Å². The van der Waals surface area contributed by atoms with Crippen molar-refractivity contribution in [1.82, 2.24) is 10.3 Å². The normalized spacial score (nSPS) is 14.1. The van der Waals surface area contributed by atoms with E-state index in [1.165, 1.54) is 6.92 Å². The Kier molecular flexibility index (Phi) is 3.88. The van der Waals surface area contributed by atoms with Crippen molar-refractivity contribution < 1.29 is 28.6 Å². The van der Waals surface area contributed by atoms with Gasteiger partial charge in [-0.2, -0.15) is 0 Å². The Balaban J connectivity index is 1.89. The van der Waals surface area contributed by atoms with Gasteiger partial charge in [-0.05, 0) is 25.1 Å². The number of benzene rings is 1. The van der Waals surface area contributed by atoms with Crippen molar-refractivity contribution in [3.05, 3.63) is 30.3 Å². The van der Waals surface area contributed by atoms with Gasteiger partial charge in [0.05, 0.1) is 0 Å². The predicted octanol–water partition coefficient (Wildman–Crippen LogP) is 1.32. The highest BCUT2D eigenvalue weighted by molar-refractivity contribution is 5.99. The number of amides is 1. The predicted molar refractivity (Wildman–Crippen MR) is 77.5 cm³/mol. The lowest BCUT2D eigenvalue weighted by molar-refractivity contribution is -0.138. The van der Waals surface area contributed by atoms with E-state index in [1.807, 2.05) is 0 Å². The van der Waals surface area contributed by atoms with Crippen LogP contribution in [0.4, 0.5) is 0 Å². The number of nitrogens with one attached hydrogen (secondary N) is 1. The number of carbonyl (C=O) groups excluding carboxylic acids is 1. The average Bonchev–Trinajstić information content (AvgIpc) is 3.04. The molecule has 1 aliphatic rings. The molecule has 0 radical (unpaired) electrons. The van der Waals surface area contributed by atoms with Crippen LogP contribution in [0.25, 0.3) is 11.3 Å². The van der Waals surface area contributed by atoms with Crippen molar-refractivity contribution in [2.75, 3.05) is 13.2 Å². The molecule has 0 unspecified atom stereocenters. The molecule has 1 aliphatic heterocycles. The molecule has 8 heteroatoms. The molecule has 0 fully saturated rings. The van der Waals surface area contributed by atoms with Gasteiger partial charge in [0.1, 0.15) is 19.3 Å². The van der Waals surface area contributed by atoms with Gasteiger partial charge in [0.2, 0.25) is 0 Å². The van der Waals surface area contributed by atoms with Gasteiger partial charge < -0.3 is 24.3 Å². The summed E-state index contributed by atoms with van der Waals surface area (Å²) in [6, 6.07) is 4.08. The number of carboxylic acid groups (broad SMARTS) is 1. The summed E-state index contributed by atoms with van der Waals surface area (Å²) in [5, 5.41) is 11.2. The smallest absolute Gasteiger partial charge is 0.325 e. The first kappa shape index (κ1) is 14.9. The third kappa shape index (κ3) is 2.96. The average molecular weight is 318 g/mol. The third-order valence-corrected chi connectivity index (χ3v) is 3.30. The number of carboxylic acids is 1. The minimum atomic E-state index is -1.14. The summed E-state index contributed by atoms with van der Waals surface area (Å²) in [5.74, 6) is -0.362. The van der Waals surface area contributed by atoms with Crippen LogP contribution < -0.4 is 14.8 Å². The summed E-state index contributed by atoms with van der Waals surface area (Å²) in [5.41, 5.74) is 0.592. The fraction of sp³-hybridized carbons (Fsp3) is 0.267. The van der Waals surface area contributed by atoms with Crippen molar-refractivity contribution in [1.29, 1.82) is 0 Å². The number of ether oxygens (including phenoxy) is 2. The van der Waals surface area contributed by atoms with Crippen LogP contribution in [0.15, 0.2) is 29.0 Å². The highest BCUT2D eigenvalue weighted by atomic mass is 16.6. The summed E-state index contributed by atoms with van der Waals surface area (Å²) in [7, 11) is 0. The second-order valence-corrected chi connectivity index (χ2v) is 4.92. The SMILES string of the molecule is C[C@H](NC(=O)c1ncoc1-c1ccc2c(c1)OCCO2)C(=O)O. The Hall–Kier alpha value is -3.03. The lowest BCUT2D eigenvalue weighted by Gasteiger charge is -2.18. The zero-order valence-electron chi connectivity index (χ0n) is 12.2. The second-order valence-electron chi connectivity index (χ2n) is 4.92. The van der Waals surface area contributed by atoms with E-state index in [1.54, 1.807) is 18.2 Å². The molecule has 1 atom stereocenters. The molecule has 0 bridgehead atoms.